The van der Waals surface area contributed by atoms with Gasteiger partial charge in [-0.3, -0.25) is 10.0 Å². The molecule has 0 aliphatic carbocycles. The van der Waals surface area contributed by atoms with E-state index in [1.165, 1.54) is 20.1 Å². The number of hydrogen-bond donors (Lipinski definition) is 3. The van der Waals surface area contributed by atoms with Crippen LogP contribution in [-0.4, -0.2) is 47.5 Å². The third kappa shape index (κ3) is 6.03. The number of methoxy groups -OCH3 is 1. The number of aromatic nitrogens is 1. The molecule has 0 saturated heterocycles. The molecule has 0 radical (unpaired) electrons. The van der Waals surface area contributed by atoms with E-state index in [-0.39, 0.29) is 11.7 Å². The molecule has 3 atom stereocenters. The van der Waals surface area contributed by atoms with Gasteiger partial charge in [-0.1, -0.05) is 39.0 Å². The lowest BCUT2D eigenvalue weighted by molar-refractivity contribution is -0.906. The summed E-state index contributed by atoms with van der Waals surface area (Å²) >= 11 is 0. The van der Waals surface area contributed by atoms with E-state index in [4.69, 9.17) is 14.2 Å². The first-order chi connectivity index (χ1) is 15.2. The number of aromatic hydroxyl groups is 1. The van der Waals surface area contributed by atoms with Gasteiger partial charge in [0.2, 0.25) is 11.9 Å². The summed E-state index contributed by atoms with van der Waals surface area (Å²) in [6.07, 6.45) is 0.707. The Morgan fingerprint density at radius 3 is 2.34 bits per heavy atom. The second kappa shape index (κ2) is 11.2. The molecular formula is C23H31N2O7+. The van der Waals surface area contributed by atoms with Crippen molar-refractivity contribution in [1.82, 2.24) is 5.32 Å². The summed E-state index contributed by atoms with van der Waals surface area (Å²) < 4.78 is 17.1. The highest BCUT2D eigenvalue weighted by atomic mass is 16.6. The van der Waals surface area contributed by atoms with Crippen molar-refractivity contribution in [2.24, 2.45) is 5.92 Å². The van der Waals surface area contributed by atoms with E-state index in [1.807, 2.05) is 51.1 Å². The van der Waals surface area contributed by atoms with Gasteiger partial charge < -0.3 is 24.6 Å². The third-order valence-corrected chi connectivity index (χ3v) is 4.90. The number of nitrogens with zero attached hydrogens (tertiary/aromatic N) is 1. The van der Waals surface area contributed by atoms with Crippen LogP contribution in [-0.2, 0) is 9.53 Å². The number of hydrogen-bond acceptors (Lipinski definition) is 7. The molecule has 174 valence electrons. The Kier molecular flexibility index (Phi) is 8.69. The summed E-state index contributed by atoms with van der Waals surface area (Å²) in [5, 5.41) is 22.5. The first kappa shape index (κ1) is 24.8. The third-order valence-electron chi connectivity index (χ3n) is 4.90. The van der Waals surface area contributed by atoms with E-state index in [1.54, 1.807) is 0 Å². The molecule has 2 aromatic rings. The van der Waals surface area contributed by atoms with Gasteiger partial charge in [0.05, 0.1) is 13.2 Å². The summed E-state index contributed by atoms with van der Waals surface area (Å²) in [4.78, 5) is 25.3. The van der Waals surface area contributed by atoms with Crippen molar-refractivity contribution in [2.75, 3.05) is 7.11 Å². The van der Waals surface area contributed by atoms with Crippen molar-refractivity contribution in [3.63, 3.8) is 0 Å². The molecule has 0 fully saturated rings. The average molecular weight is 448 g/mol. The molecular weight excluding hydrogens is 416 g/mol. The molecule has 9 heteroatoms. The monoisotopic (exact) mass is 447 g/mol. The van der Waals surface area contributed by atoms with Gasteiger partial charge in [-0.15, -0.1) is 0 Å². The van der Waals surface area contributed by atoms with Gasteiger partial charge in [0.15, 0.2) is 5.75 Å². The van der Waals surface area contributed by atoms with Crippen LogP contribution < -0.4 is 19.5 Å². The number of para-hydroxylation sites is 1. The highest BCUT2D eigenvalue weighted by molar-refractivity contribution is 5.96. The lowest BCUT2D eigenvalue weighted by atomic mass is 9.99. The fraction of sp³-hybridized carbons (Fsp3) is 0.435. The number of carbonyl (C=O) groups is 2. The van der Waals surface area contributed by atoms with Crippen LogP contribution >= 0.6 is 0 Å². The highest BCUT2D eigenvalue weighted by Gasteiger charge is 2.34. The Morgan fingerprint density at radius 2 is 1.78 bits per heavy atom. The minimum absolute atomic E-state index is 0.000405. The largest absolute Gasteiger partial charge is 0.499 e. The van der Waals surface area contributed by atoms with Crippen molar-refractivity contribution in [1.29, 1.82) is 0 Å². The standard InChI is InChI=1S/C23H30N2O7/c1-6-17(21(14(2)3)31-16-10-8-7-9-11-16)32-23(28)15(4)24-22(27)19-20(26)18(30-5)12-13-25(19)29/h7-15,17,21H,6H2,1-5H3,(H2-,24,26,27,29)/p+1/t15-,17-,21+/m0/s1. The molecule has 2 rings (SSSR count). The second-order valence-electron chi connectivity index (χ2n) is 7.64. The molecule has 3 N–H and O–H groups in total. The Bertz CT molecular complexity index is 918. The van der Waals surface area contributed by atoms with Crippen LogP contribution in [0.4, 0.5) is 0 Å². The van der Waals surface area contributed by atoms with Crippen LogP contribution in [0.3, 0.4) is 0 Å². The number of nitrogens with one attached hydrogen (secondary N) is 1. The molecule has 1 aromatic carbocycles. The lowest BCUT2D eigenvalue weighted by Crippen LogP contribution is -2.48. The van der Waals surface area contributed by atoms with Gasteiger partial charge >= 0.3 is 17.6 Å². The van der Waals surface area contributed by atoms with Crippen LogP contribution in [0.2, 0.25) is 0 Å². The molecule has 9 nitrogen and oxygen atoms in total. The first-order valence-electron chi connectivity index (χ1n) is 10.4. The van der Waals surface area contributed by atoms with Crippen LogP contribution in [0.1, 0.15) is 44.6 Å². The van der Waals surface area contributed by atoms with E-state index in [2.05, 4.69) is 5.32 Å². The van der Waals surface area contributed by atoms with Gasteiger partial charge in [-0.2, -0.15) is 0 Å². The van der Waals surface area contributed by atoms with Crippen molar-refractivity contribution in [2.45, 2.75) is 52.4 Å². The van der Waals surface area contributed by atoms with Crippen LogP contribution in [0.15, 0.2) is 42.6 Å². The molecule has 0 unspecified atom stereocenters. The zero-order valence-corrected chi connectivity index (χ0v) is 18.9. The van der Waals surface area contributed by atoms with Crippen LogP contribution in [0, 0.1) is 5.92 Å². The van der Waals surface area contributed by atoms with E-state index in [9.17, 15) is 19.9 Å². The van der Waals surface area contributed by atoms with Gasteiger partial charge in [0.25, 0.3) is 0 Å². The summed E-state index contributed by atoms with van der Waals surface area (Å²) in [6.45, 7) is 7.28. The summed E-state index contributed by atoms with van der Waals surface area (Å²) in [7, 11) is 1.31. The second-order valence-corrected chi connectivity index (χ2v) is 7.64. The maximum absolute atomic E-state index is 12.7. The van der Waals surface area contributed by atoms with Gasteiger partial charge in [-0.05, 0) is 31.4 Å². The summed E-state index contributed by atoms with van der Waals surface area (Å²) in [6, 6.07) is 9.50. The summed E-state index contributed by atoms with van der Waals surface area (Å²) in [5.41, 5.74) is -0.469. The van der Waals surface area contributed by atoms with Crippen molar-refractivity contribution in [3.8, 4) is 17.2 Å². The van der Waals surface area contributed by atoms with Crippen LogP contribution in [0.25, 0.3) is 0 Å². The Labute approximate surface area is 187 Å². The smallest absolute Gasteiger partial charge is 0.366 e. The average Bonchev–Trinajstić information content (AvgIpc) is 2.76. The van der Waals surface area contributed by atoms with E-state index in [0.29, 0.717) is 16.9 Å². The molecule has 1 heterocycles. The molecule has 0 spiro atoms. The molecule has 0 bridgehead atoms. The molecule has 0 aliphatic rings. The normalized spacial score (nSPS) is 13.7. The van der Waals surface area contributed by atoms with Gasteiger partial charge in [0, 0.05) is 4.73 Å². The summed E-state index contributed by atoms with van der Waals surface area (Å²) in [5.74, 6) is -1.37. The minimum atomic E-state index is -1.05. The van der Waals surface area contributed by atoms with Gasteiger partial charge in [-0.25, -0.2) is 4.79 Å². The molecule has 1 aromatic heterocycles. The lowest BCUT2D eigenvalue weighted by Gasteiger charge is -2.30. The zero-order chi connectivity index (χ0) is 23.8. The van der Waals surface area contributed by atoms with Crippen LogP contribution in [0.5, 0.6) is 17.2 Å². The Balaban J connectivity index is 2.10. The van der Waals surface area contributed by atoms with Gasteiger partial charge in [0.1, 0.15) is 24.0 Å². The molecule has 32 heavy (non-hydrogen) atoms. The Morgan fingerprint density at radius 1 is 1.12 bits per heavy atom. The fourth-order valence-electron chi connectivity index (χ4n) is 3.15. The molecule has 0 aliphatic heterocycles. The number of carbonyl (C=O) groups excluding carboxylic acids is 2. The van der Waals surface area contributed by atoms with Crippen molar-refractivity contribution >= 4 is 11.9 Å². The van der Waals surface area contributed by atoms with E-state index in [0.717, 1.165) is 6.20 Å². The maximum Gasteiger partial charge on any atom is 0.366 e. The predicted molar refractivity (Wildman–Crippen MR) is 115 cm³/mol. The number of ether oxygens (including phenoxy) is 3. The maximum atomic E-state index is 12.7. The number of pyridine rings is 1. The molecule has 1 amide bonds. The minimum Gasteiger partial charge on any atom is -0.499 e. The van der Waals surface area contributed by atoms with Crippen molar-refractivity contribution < 1.29 is 38.8 Å². The predicted octanol–water partition coefficient (Wildman–Crippen LogP) is 2.47. The van der Waals surface area contributed by atoms with Crippen molar-refractivity contribution in [3.05, 3.63) is 48.3 Å². The number of amides is 1. The Hall–Kier alpha value is -3.49. The van der Waals surface area contributed by atoms with E-state index < -0.39 is 41.6 Å². The number of rotatable bonds is 10. The topological polar surface area (TPSA) is 118 Å². The molecule has 0 saturated carbocycles. The van der Waals surface area contributed by atoms with E-state index >= 15 is 0 Å². The SMILES string of the molecule is CC[C@H](OC(=O)[C@H](C)NC(=O)c1c(O)c(OC)cc[n+]1O)[C@H](Oc1ccccc1)C(C)C. The number of benzene rings is 1. The fourth-order valence-corrected chi connectivity index (χ4v) is 3.15. The quantitative estimate of drug-likeness (QED) is 0.291. The zero-order valence-electron chi connectivity index (χ0n) is 18.9. The highest BCUT2D eigenvalue weighted by Crippen LogP contribution is 2.26. The first-order valence-corrected chi connectivity index (χ1v) is 10.4. The number of esters is 1.